The zero-order valence-electron chi connectivity index (χ0n) is 13.9. The first kappa shape index (κ1) is 18.2. The average Bonchev–Trinajstić information content (AvgIpc) is 3.08. The molecule has 1 N–H and O–H groups in total. The van der Waals surface area contributed by atoms with Crippen LogP contribution >= 0.6 is 23.4 Å². The summed E-state index contributed by atoms with van der Waals surface area (Å²) >= 11 is 7.33. The number of carbonyl (C=O) groups is 1. The molecule has 0 aliphatic heterocycles. The summed E-state index contributed by atoms with van der Waals surface area (Å²) in [7, 11) is 1.54. The summed E-state index contributed by atoms with van der Waals surface area (Å²) in [5.74, 6) is 0.559. The van der Waals surface area contributed by atoms with E-state index >= 15 is 0 Å². The Morgan fingerprint density at radius 2 is 2.08 bits per heavy atom. The van der Waals surface area contributed by atoms with Crippen LogP contribution < -0.4 is 10.1 Å². The number of tetrazole rings is 1. The molecule has 26 heavy (non-hydrogen) atoms. The number of benzene rings is 2. The van der Waals surface area contributed by atoms with E-state index in [9.17, 15) is 4.79 Å². The second kappa shape index (κ2) is 8.68. The van der Waals surface area contributed by atoms with Gasteiger partial charge in [0.15, 0.2) is 0 Å². The van der Waals surface area contributed by atoms with Crippen molar-refractivity contribution in [3.05, 3.63) is 59.1 Å². The Balaban J connectivity index is 1.57. The van der Waals surface area contributed by atoms with E-state index in [0.717, 1.165) is 5.56 Å². The molecule has 9 heteroatoms. The quantitative estimate of drug-likeness (QED) is 0.625. The van der Waals surface area contributed by atoms with Gasteiger partial charge in [0.2, 0.25) is 11.1 Å². The second-order valence-electron chi connectivity index (χ2n) is 5.29. The molecule has 3 rings (SSSR count). The zero-order valence-corrected chi connectivity index (χ0v) is 15.5. The molecule has 0 saturated carbocycles. The van der Waals surface area contributed by atoms with Crippen LogP contribution in [0.3, 0.4) is 0 Å². The Hall–Kier alpha value is -2.58. The summed E-state index contributed by atoms with van der Waals surface area (Å²) in [5.41, 5.74) is 1.68. The lowest BCUT2D eigenvalue weighted by Gasteiger charge is -2.08. The highest BCUT2D eigenvalue weighted by Crippen LogP contribution is 2.27. The Morgan fingerprint density at radius 1 is 1.27 bits per heavy atom. The van der Waals surface area contributed by atoms with Crippen molar-refractivity contribution in [3.8, 4) is 5.75 Å². The Labute approximate surface area is 159 Å². The monoisotopic (exact) mass is 389 g/mol. The van der Waals surface area contributed by atoms with Crippen LogP contribution in [0.15, 0.2) is 53.7 Å². The number of aromatic nitrogens is 4. The molecule has 1 heterocycles. The number of hydrogen-bond acceptors (Lipinski definition) is 6. The molecule has 0 saturated heterocycles. The Kier molecular flexibility index (Phi) is 6.08. The highest BCUT2D eigenvalue weighted by molar-refractivity contribution is 7.99. The fraction of sp³-hybridized carbons (Fsp3) is 0.176. The van der Waals surface area contributed by atoms with Gasteiger partial charge >= 0.3 is 0 Å². The second-order valence-corrected chi connectivity index (χ2v) is 6.64. The van der Waals surface area contributed by atoms with E-state index in [1.165, 1.54) is 18.9 Å². The van der Waals surface area contributed by atoms with Crippen molar-refractivity contribution in [2.24, 2.45) is 0 Å². The summed E-state index contributed by atoms with van der Waals surface area (Å²) < 4.78 is 6.75. The van der Waals surface area contributed by atoms with E-state index < -0.39 is 0 Å². The largest absolute Gasteiger partial charge is 0.495 e. The van der Waals surface area contributed by atoms with Crippen molar-refractivity contribution in [2.45, 2.75) is 11.7 Å². The Morgan fingerprint density at radius 3 is 2.81 bits per heavy atom. The van der Waals surface area contributed by atoms with Crippen molar-refractivity contribution >= 4 is 35.0 Å². The molecule has 0 aliphatic rings. The summed E-state index contributed by atoms with van der Waals surface area (Å²) in [4.78, 5) is 12.2. The number of nitrogens with zero attached hydrogens (tertiary/aromatic N) is 4. The van der Waals surface area contributed by atoms with Crippen molar-refractivity contribution in [3.63, 3.8) is 0 Å². The van der Waals surface area contributed by atoms with Crippen LogP contribution in [0.2, 0.25) is 5.02 Å². The molecular weight excluding hydrogens is 374 g/mol. The molecule has 7 nitrogen and oxygen atoms in total. The number of nitrogens with one attached hydrogen (secondary N) is 1. The molecule has 2 aromatic carbocycles. The first-order valence-electron chi connectivity index (χ1n) is 7.72. The van der Waals surface area contributed by atoms with Crippen LogP contribution in [0.5, 0.6) is 5.75 Å². The predicted octanol–water partition coefficient (Wildman–Crippen LogP) is 3.11. The maximum absolute atomic E-state index is 12.2. The van der Waals surface area contributed by atoms with E-state index in [2.05, 4.69) is 20.8 Å². The van der Waals surface area contributed by atoms with Gasteiger partial charge in [-0.2, -0.15) is 0 Å². The fourth-order valence-corrected chi connectivity index (χ4v) is 3.16. The van der Waals surface area contributed by atoms with Gasteiger partial charge < -0.3 is 10.1 Å². The lowest BCUT2D eigenvalue weighted by atomic mass is 10.2. The van der Waals surface area contributed by atoms with Crippen LogP contribution in [-0.4, -0.2) is 39.0 Å². The summed E-state index contributed by atoms with van der Waals surface area (Å²) in [5, 5.41) is 15.4. The van der Waals surface area contributed by atoms with Crippen molar-refractivity contribution < 1.29 is 9.53 Å². The lowest BCUT2D eigenvalue weighted by molar-refractivity contribution is -0.113. The number of hydrogen-bond donors (Lipinski definition) is 1. The minimum atomic E-state index is -0.175. The van der Waals surface area contributed by atoms with Crippen LogP contribution in [0.4, 0.5) is 5.69 Å². The van der Waals surface area contributed by atoms with E-state index in [-0.39, 0.29) is 11.7 Å². The maximum Gasteiger partial charge on any atom is 0.234 e. The molecule has 0 unspecified atom stereocenters. The van der Waals surface area contributed by atoms with Gasteiger partial charge in [0, 0.05) is 5.69 Å². The third-order valence-corrected chi connectivity index (χ3v) is 4.69. The normalized spacial score (nSPS) is 10.5. The SMILES string of the molecule is COc1ccc(NC(=O)CSc2nnnn2Cc2ccccc2)cc1Cl. The third kappa shape index (κ3) is 4.74. The molecule has 1 amide bonds. The van der Waals surface area contributed by atoms with Crippen molar-refractivity contribution in [1.82, 2.24) is 20.2 Å². The molecule has 1 aromatic heterocycles. The standard InChI is InChI=1S/C17H16ClN5O2S/c1-25-15-8-7-13(9-14(15)18)19-16(24)11-26-17-20-21-22-23(17)10-12-5-3-2-4-6-12/h2-9H,10-11H2,1H3,(H,19,24). The Bertz CT molecular complexity index is 888. The average molecular weight is 390 g/mol. The van der Waals surface area contributed by atoms with Gasteiger partial charge in [-0.15, -0.1) is 5.10 Å². The minimum Gasteiger partial charge on any atom is -0.495 e. The van der Waals surface area contributed by atoms with Crippen LogP contribution in [0, 0.1) is 0 Å². The van der Waals surface area contributed by atoms with Gasteiger partial charge in [0.05, 0.1) is 24.4 Å². The van der Waals surface area contributed by atoms with Gasteiger partial charge in [-0.25, -0.2) is 4.68 Å². The lowest BCUT2D eigenvalue weighted by Crippen LogP contribution is -2.15. The van der Waals surface area contributed by atoms with Crippen LogP contribution in [0.1, 0.15) is 5.56 Å². The number of rotatable bonds is 7. The van der Waals surface area contributed by atoms with Gasteiger partial charge in [-0.3, -0.25) is 4.79 Å². The maximum atomic E-state index is 12.2. The molecular formula is C17H16ClN5O2S. The number of halogens is 1. The van der Waals surface area contributed by atoms with Crippen molar-refractivity contribution in [1.29, 1.82) is 0 Å². The van der Waals surface area contributed by atoms with E-state index in [1.807, 2.05) is 30.3 Å². The molecule has 0 aliphatic carbocycles. The van der Waals surface area contributed by atoms with E-state index in [1.54, 1.807) is 22.9 Å². The summed E-state index contributed by atoms with van der Waals surface area (Å²) in [6, 6.07) is 14.9. The zero-order chi connectivity index (χ0) is 18.4. The third-order valence-electron chi connectivity index (χ3n) is 3.44. The first-order valence-corrected chi connectivity index (χ1v) is 9.08. The topological polar surface area (TPSA) is 81.9 Å². The van der Waals surface area contributed by atoms with E-state index in [0.29, 0.717) is 28.2 Å². The number of ether oxygens (including phenoxy) is 1. The number of thioether (sulfide) groups is 1. The van der Waals surface area contributed by atoms with Crippen molar-refractivity contribution in [2.75, 3.05) is 18.2 Å². The molecule has 0 fully saturated rings. The number of anilines is 1. The summed E-state index contributed by atoms with van der Waals surface area (Å²) in [6.45, 7) is 0.548. The summed E-state index contributed by atoms with van der Waals surface area (Å²) in [6.07, 6.45) is 0. The van der Waals surface area contributed by atoms with E-state index in [4.69, 9.17) is 16.3 Å². The number of carbonyl (C=O) groups excluding carboxylic acids is 1. The fourth-order valence-electron chi connectivity index (χ4n) is 2.23. The van der Waals surface area contributed by atoms with Gasteiger partial charge in [0.1, 0.15) is 5.75 Å². The highest BCUT2D eigenvalue weighted by Gasteiger charge is 2.11. The van der Waals surface area contributed by atoms with Gasteiger partial charge in [-0.05, 0) is 34.2 Å². The van der Waals surface area contributed by atoms with Gasteiger partial charge in [-0.1, -0.05) is 53.7 Å². The minimum absolute atomic E-state index is 0.175. The predicted molar refractivity (Wildman–Crippen MR) is 101 cm³/mol. The molecule has 3 aromatic rings. The number of methoxy groups -OCH3 is 1. The molecule has 0 spiro atoms. The van der Waals surface area contributed by atoms with Crippen LogP contribution in [-0.2, 0) is 11.3 Å². The smallest absolute Gasteiger partial charge is 0.234 e. The molecule has 0 atom stereocenters. The first-order chi connectivity index (χ1) is 12.7. The van der Waals surface area contributed by atoms with Gasteiger partial charge in [0.25, 0.3) is 0 Å². The number of amides is 1. The van der Waals surface area contributed by atoms with Crippen LogP contribution in [0.25, 0.3) is 0 Å². The molecule has 0 radical (unpaired) electrons. The molecule has 134 valence electrons. The molecule has 0 bridgehead atoms. The highest BCUT2D eigenvalue weighted by atomic mass is 35.5.